The highest BCUT2D eigenvalue weighted by Gasteiger charge is 2.19. The molecule has 0 aliphatic carbocycles. The molecule has 2 heterocycles. The van der Waals surface area contributed by atoms with Crippen molar-refractivity contribution in [2.45, 2.75) is 6.54 Å². The molecule has 170 valence electrons. The number of hydrogen-bond donors (Lipinski definition) is 1. The first kappa shape index (κ1) is 21.2. The Morgan fingerprint density at radius 2 is 1.74 bits per heavy atom. The highest BCUT2D eigenvalue weighted by Crippen LogP contribution is 2.31. The number of rotatable bonds is 6. The average molecular weight is 456 g/mol. The number of esters is 1. The van der Waals surface area contributed by atoms with Gasteiger partial charge in [-0.25, -0.2) is 9.59 Å². The number of aromatic amines is 1. The predicted octanol–water partition coefficient (Wildman–Crippen LogP) is 3.89. The van der Waals surface area contributed by atoms with Crippen molar-refractivity contribution in [1.29, 1.82) is 0 Å². The Labute approximate surface area is 193 Å². The van der Waals surface area contributed by atoms with E-state index in [9.17, 15) is 9.59 Å². The van der Waals surface area contributed by atoms with Gasteiger partial charge in [-0.3, -0.25) is 4.57 Å². The lowest BCUT2D eigenvalue weighted by atomic mass is 9.98. The van der Waals surface area contributed by atoms with Crippen LogP contribution in [0.1, 0.15) is 15.9 Å². The molecule has 9 nitrogen and oxygen atoms in total. The highest BCUT2D eigenvalue weighted by atomic mass is 16.5. The summed E-state index contributed by atoms with van der Waals surface area (Å²) in [6, 6.07) is 21.3. The van der Waals surface area contributed by atoms with Gasteiger partial charge in [-0.15, -0.1) is 0 Å². The van der Waals surface area contributed by atoms with Crippen molar-refractivity contribution in [2.75, 3.05) is 14.2 Å². The van der Waals surface area contributed by atoms with E-state index in [0.717, 1.165) is 22.3 Å². The molecular weight excluding hydrogens is 436 g/mol. The topological polar surface area (TPSA) is 112 Å². The molecule has 5 aromatic rings. The van der Waals surface area contributed by atoms with Gasteiger partial charge in [0.15, 0.2) is 5.82 Å². The van der Waals surface area contributed by atoms with Crippen molar-refractivity contribution in [2.24, 2.45) is 0 Å². The molecule has 0 amide bonds. The van der Waals surface area contributed by atoms with E-state index < -0.39 is 11.7 Å². The number of carbonyl (C=O) groups is 1. The van der Waals surface area contributed by atoms with Gasteiger partial charge in [0, 0.05) is 5.56 Å². The van der Waals surface area contributed by atoms with Crippen LogP contribution in [0.4, 0.5) is 0 Å². The molecule has 0 saturated heterocycles. The van der Waals surface area contributed by atoms with E-state index in [0.29, 0.717) is 35.0 Å². The predicted molar refractivity (Wildman–Crippen MR) is 125 cm³/mol. The Morgan fingerprint density at radius 3 is 2.41 bits per heavy atom. The molecule has 0 fully saturated rings. The van der Waals surface area contributed by atoms with Crippen LogP contribution in [0.25, 0.3) is 33.5 Å². The van der Waals surface area contributed by atoms with Gasteiger partial charge in [-0.05, 0) is 28.8 Å². The van der Waals surface area contributed by atoms with Crippen LogP contribution in [-0.4, -0.2) is 39.9 Å². The van der Waals surface area contributed by atoms with Crippen molar-refractivity contribution in [3.05, 3.63) is 88.4 Å². The fourth-order valence-electron chi connectivity index (χ4n) is 4.00. The van der Waals surface area contributed by atoms with Gasteiger partial charge in [0.05, 0.1) is 37.4 Å². The van der Waals surface area contributed by atoms with Crippen molar-refractivity contribution < 1.29 is 18.8 Å². The maximum atomic E-state index is 12.3. The Balaban J connectivity index is 1.52. The zero-order chi connectivity index (χ0) is 23.7. The minimum atomic E-state index is -0.673. The number of nitrogens with one attached hydrogen (secondary N) is 1. The molecule has 2 aromatic heterocycles. The molecule has 0 aliphatic rings. The summed E-state index contributed by atoms with van der Waals surface area (Å²) >= 11 is 0. The first-order chi connectivity index (χ1) is 16.6. The second-order valence-corrected chi connectivity index (χ2v) is 7.52. The number of nitrogens with zero attached hydrogens (tertiary/aromatic N) is 3. The lowest BCUT2D eigenvalue weighted by Gasteiger charge is -2.12. The van der Waals surface area contributed by atoms with Crippen LogP contribution in [-0.2, 0) is 11.3 Å². The maximum absolute atomic E-state index is 12.3. The van der Waals surface area contributed by atoms with Gasteiger partial charge < -0.3 is 14.0 Å². The highest BCUT2D eigenvalue weighted by molar-refractivity contribution is 6.02. The standard InChI is InChI=1S/C25H20N4O5/c1-32-23(30)19-8-5-9-20-21(19)29(24(26-20)33-2)14-15-10-12-16(13-11-15)17-6-3-4-7-18(17)22-27-25(31)34-28-22/h3-13H,14H2,1-2H3,(H,27,28,31). The third kappa shape index (κ3) is 3.73. The van der Waals surface area contributed by atoms with Crippen molar-refractivity contribution in [3.8, 4) is 28.5 Å². The lowest BCUT2D eigenvalue weighted by molar-refractivity contribution is 0.0602. The van der Waals surface area contributed by atoms with Crippen LogP contribution in [0.5, 0.6) is 6.01 Å². The average Bonchev–Trinajstić information content (AvgIpc) is 3.47. The summed E-state index contributed by atoms with van der Waals surface area (Å²) in [5, 5.41) is 2.56. The van der Waals surface area contributed by atoms with Gasteiger partial charge in [0.25, 0.3) is 6.01 Å². The first-order valence-corrected chi connectivity index (χ1v) is 10.4. The van der Waals surface area contributed by atoms with E-state index in [1.807, 2.05) is 59.2 Å². The summed E-state index contributed by atoms with van der Waals surface area (Å²) in [6.07, 6.45) is 0. The van der Waals surface area contributed by atoms with E-state index in [4.69, 9.17) is 14.0 Å². The largest absolute Gasteiger partial charge is 0.468 e. The Bertz CT molecular complexity index is 1550. The molecule has 0 saturated carbocycles. The quantitative estimate of drug-likeness (QED) is 0.386. The number of imidazole rings is 1. The summed E-state index contributed by atoms with van der Waals surface area (Å²) in [6.45, 7) is 0.437. The van der Waals surface area contributed by atoms with E-state index in [1.54, 1.807) is 19.2 Å². The Kier molecular flexibility index (Phi) is 5.43. The van der Waals surface area contributed by atoms with Crippen LogP contribution in [0.15, 0.2) is 76.0 Å². The zero-order valence-electron chi connectivity index (χ0n) is 18.4. The number of H-pyrrole nitrogens is 1. The van der Waals surface area contributed by atoms with E-state index in [2.05, 4.69) is 15.1 Å². The minimum Gasteiger partial charge on any atom is -0.468 e. The van der Waals surface area contributed by atoms with Crippen LogP contribution < -0.4 is 10.5 Å². The number of ether oxygens (including phenoxy) is 2. The number of methoxy groups -OCH3 is 2. The molecular formula is C25H20N4O5. The zero-order valence-corrected chi connectivity index (χ0v) is 18.4. The van der Waals surface area contributed by atoms with E-state index >= 15 is 0 Å². The second kappa shape index (κ2) is 8.70. The summed E-state index contributed by atoms with van der Waals surface area (Å²) < 4.78 is 17.0. The number of benzene rings is 3. The van der Waals surface area contributed by atoms with E-state index in [1.165, 1.54) is 7.11 Å². The van der Waals surface area contributed by atoms with Crippen LogP contribution >= 0.6 is 0 Å². The fourth-order valence-corrected chi connectivity index (χ4v) is 4.00. The van der Waals surface area contributed by atoms with E-state index in [-0.39, 0.29) is 0 Å². The van der Waals surface area contributed by atoms with Crippen LogP contribution in [0.2, 0.25) is 0 Å². The van der Waals surface area contributed by atoms with Crippen LogP contribution in [0, 0.1) is 0 Å². The molecule has 0 atom stereocenters. The van der Waals surface area contributed by atoms with Crippen molar-refractivity contribution in [1.82, 2.24) is 19.7 Å². The Morgan fingerprint density at radius 1 is 0.971 bits per heavy atom. The smallest absolute Gasteiger partial charge is 0.460 e. The third-order valence-electron chi connectivity index (χ3n) is 5.55. The van der Waals surface area contributed by atoms with Gasteiger partial charge >= 0.3 is 11.7 Å². The maximum Gasteiger partial charge on any atom is 0.460 e. The fraction of sp³-hybridized carbons (Fsp3) is 0.120. The SMILES string of the molecule is COC(=O)c1cccc2nc(OC)n(Cc3ccc(-c4ccccc4-c4nc(=O)o[nH]4)cc3)c12. The molecule has 0 bridgehead atoms. The van der Waals surface area contributed by atoms with Crippen LogP contribution in [0.3, 0.4) is 0 Å². The van der Waals surface area contributed by atoms with Crippen molar-refractivity contribution in [3.63, 3.8) is 0 Å². The molecule has 34 heavy (non-hydrogen) atoms. The van der Waals surface area contributed by atoms with Gasteiger partial charge in [-0.1, -0.05) is 54.6 Å². The number of hydrogen-bond acceptors (Lipinski definition) is 7. The molecule has 3 aromatic carbocycles. The normalized spacial score (nSPS) is 11.0. The molecule has 0 radical (unpaired) electrons. The monoisotopic (exact) mass is 456 g/mol. The summed E-state index contributed by atoms with van der Waals surface area (Å²) in [7, 11) is 2.90. The molecule has 1 N–H and O–H groups in total. The third-order valence-corrected chi connectivity index (χ3v) is 5.55. The molecule has 5 rings (SSSR count). The number of aromatic nitrogens is 4. The van der Waals surface area contributed by atoms with Gasteiger partial charge in [0.1, 0.15) is 0 Å². The van der Waals surface area contributed by atoms with Gasteiger partial charge in [-0.2, -0.15) is 15.1 Å². The second-order valence-electron chi connectivity index (χ2n) is 7.52. The number of fused-ring (bicyclic) bond motifs is 1. The molecule has 0 unspecified atom stereocenters. The number of carbonyl (C=O) groups excluding carboxylic acids is 1. The molecule has 9 heteroatoms. The number of para-hydroxylation sites is 1. The molecule has 0 spiro atoms. The summed E-state index contributed by atoms with van der Waals surface area (Å²) in [4.78, 5) is 32.1. The Hall–Kier alpha value is -4.66. The van der Waals surface area contributed by atoms with Gasteiger partial charge in [0.2, 0.25) is 0 Å². The van der Waals surface area contributed by atoms with Crippen molar-refractivity contribution >= 4 is 17.0 Å². The summed E-state index contributed by atoms with van der Waals surface area (Å²) in [5.41, 5.74) is 5.29. The lowest BCUT2D eigenvalue weighted by Crippen LogP contribution is -2.08. The molecule has 0 aliphatic heterocycles. The minimum absolute atomic E-state index is 0.370. The summed E-state index contributed by atoms with van der Waals surface area (Å²) in [5.74, 6) is -0.741. The first-order valence-electron chi connectivity index (χ1n) is 10.4.